The highest BCUT2D eigenvalue weighted by Gasteiger charge is 2.30. The third-order valence-electron chi connectivity index (χ3n) is 4.29. The van der Waals surface area contributed by atoms with Gasteiger partial charge in [-0.1, -0.05) is 6.92 Å². The molecule has 0 spiro atoms. The Labute approximate surface area is 169 Å². The average molecular weight is 397 g/mol. The maximum atomic E-state index is 12.1. The average Bonchev–Trinajstić information content (AvgIpc) is 3.08. The van der Waals surface area contributed by atoms with Crippen LogP contribution in [0, 0.1) is 0 Å². The molecule has 0 bridgehead atoms. The Hall–Kier alpha value is -3.35. The summed E-state index contributed by atoms with van der Waals surface area (Å²) < 4.78 is 16.2. The van der Waals surface area contributed by atoms with Gasteiger partial charge in [0.25, 0.3) is 0 Å². The number of esters is 1. The number of carbonyl (C=O) groups excluding carboxylic acids is 3. The summed E-state index contributed by atoms with van der Waals surface area (Å²) in [4.78, 5) is 36.8. The second-order valence-electron chi connectivity index (χ2n) is 6.47. The normalized spacial score (nSPS) is 13.5. The van der Waals surface area contributed by atoms with Crippen molar-refractivity contribution in [1.82, 2.24) is 0 Å². The first-order valence-electron chi connectivity index (χ1n) is 9.57. The second-order valence-corrected chi connectivity index (χ2v) is 6.47. The highest BCUT2D eigenvalue weighted by atomic mass is 16.6. The van der Waals surface area contributed by atoms with Crippen LogP contribution in [0.5, 0.6) is 11.5 Å². The molecule has 0 aliphatic carbocycles. The lowest BCUT2D eigenvalue weighted by Gasteiger charge is -2.14. The van der Waals surface area contributed by atoms with E-state index in [-0.39, 0.29) is 37.9 Å². The first-order valence-corrected chi connectivity index (χ1v) is 9.57. The Morgan fingerprint density at radius 3 is 1.93 bits per heavy atom. The van der Waals surface area contributed by atoms with Crippen molar-refractivity contribution in [1.29, 1.82) is 0 Å². The number of ether oxygens (including phenoxy) is 3. The van der Waals surface area contributed by atoms with Gasteiger partial charge in [0.05, 0.1) is 17.9 Å². The van der Waals surface area contributed by atoms with E-state index in [1.54, 1.807) is 24.3 Å². The van der Waals surface area contributed by atoms with Gasteiger partial charge in [0.1, 0.15) is 24.7 Å². The quantitative estimate of drug-likeness (QED) is 0.367. The van der Waals surface area contributed by atoms with Crippen LogP contribution >= 0.6 is 0 Å². The predicted octanol–water partition coefficient (Wildman–Crippen LogP) is 3.36. The lowest BCUT2D eigenvalue weighted by Crippen LogP contribution is -2.28. The SMILES string of the molecule is CCCOc1ccc(OCCOC(=O)c2ccc(N3C(=O)CCC3=O)cc2)cc1. The summed E-state index contributed by atoms with van der Waals surface area (Å²) in [5, 5.41) is 0. The molecule has 7 heteroatoms. The lowest BCUT2D eigenvalue weighted by molar-refractivity contribution is -0.121. The van der Waals surface area contributed by atoms with E-state index < -0.39 is 5.97 Å². The molecule has 0 radical (unpaired) electrons. The van der Waals surface area contributed by atoms with Gasteiger partial charge < -0.3 is 14.2 Å². The van der Waals surface area contributed by atoms with Gasteiger partial charge in [-0.05, 0) is 55.0 Å². The zero-order chi connectivity index (χ0) is 20.6. The molecule has 2 aromatic carbocycles. The fraction of sp³-hybridized carbons (Fsp3) is 0.318. The van der Waals surface area contributed by atoms with E-state index in [2.05, 4.69) is 0 Å². The zero-order valence-corrected chi connectivity index (χ0v) is 16.3. The Balaban J connectivity index is 1.43. The van der Waals surface area contributed by atoms with Crippen molar-refractivity contribution in [3.63, 3.8) is 0 Å². The van der Waals surface area contributed by atoms with Crippen LogP contribution in [0.3, 0.4) is 0 Å². The first-order chi connectivity index (χ1) is 14.1. The van der Waals surface area contributed by atoms with Crippen molar-refractivity contribution in [3.8, 4) is 11.5 Å². The van der Waals surface area contributed by atoms with E-state index >= 15 is 0 Å². The number of nitrogens with zero attached hydrogens (tertiary/aromatic N) is 1. The van der Waals surface area contributed by atoms with Gasteiger partial charge in [0.15, 0.2) is 0 Å². The fourth-order valence-electron chi connectivity index (χ4n) is 2.84. The van der Waals surface area contributed by atoms with Gasteiger partial charge in [-0.25, -0.2) is 4.79 Å². The van der Waals surface area contributed by atoms with Crippen LogP contribution in [0.2, 0.25) is 0 Å². The predicted molar refractivity (Wildman–Crippen MR) is 106 cm³/mol. The van der Waals surface area contributed by atoms with Gasteiger partial charge in [0.2, 0.25) is 11.8 Å². The molecule has 0 atom stereocenters. The van der Waals surface area contributed by atoms with Crippen LogP contribution in [0.4, 0.5) is 5.69 Å². The molecule has 1 fully saturated rings. The standard InChI is InChI=1S/C22H23NO6/c1-2-13-27-18-7-9-19(10-8-18)28-14-15-29-22(26)16-3-5-17(6-4-16)23-20(24)11-12-21(23)25/h3-10H,2,11-15H2,1H3. The molecule has 7 nitrogen and oxygen atoms in total. The van der Waals surface area contributed by atoms with E-state index in [4.69, 9.17) is 14.2 Å². The number of rotatable bonds is 9. The molecular formula is C22H23NO6. The summed E-state index contributed by atoms with van der Waals surface area (Å²) >= 11 is 0. The maximum Gasteiger partial charge on any atom is 0.338 e. The minimum atomic E-state index is -0.498. The zero-order valence-electron chi connectivity index (χ0n) is 16.3. The Kier molecular flexibility index (Phi) is 6.84. The molecule has 0 unspecified atom stereocenters. The molecule has 1 saturated heterocycles. The van der Waals surface area contributed by atoms with E-state index in [1.165, 1.54) is 12.1 Å². The molecule has 1 heterocycles. The van der Waals surface area contributed by atoms with Gasteiger partial charge in [-0.2, -0.15) is 0 Å². The first kappa shape index (κ1) is 20.4. The summed E-state index contributed by atoms with van der Waals surface area (Å²) in [6, 6.07) is 13.5. The third-order valence-corrected chi connectivity index (χ3v) is 4.29. The molecule has 1 aliphatic rings. The van der Waals surface area contributed by atoms with Crippen LogP contribution in [0.1, 0.15) is 36.5 Å². The molecule has 0 aromatic heterocycles. The molecule has 2 amide bonds. The van der Waals surface area contributed by atoms with Gasteiger partial charge in [0, 0.05) is 12.8 Å². The number of anilines is 1. The van der Waals surface area contributed by atoms with Crippen molar-refractivity contribution >= 4 is 23.5 Å². The number of imide groups is 1. The van der Waals surface area contributed by atoms with E-state index in [1.807, 2.05) is 19.1 Å². The minimum absolute atomic E-state index is 0.0950. The van der Waals surface area contributed by atoms with Crippen molar-refractivity contribution in [2.75, 3.05) is 24.7 Å². The van der Waals surface area contributed by atoms with Crippen LogP contribution in [0.15, 0.2) is 48.5 Å². The smallest absolute Gasteiger partial charge is 0.338 e. The highest BCUT2D eigenvalue weighted by molar-refractivity contribution is 6.19. The van der Waals surface area contributed by atoms with Crippen molar-refractivity contribution in [2.45, 2.75) is 26.2 Å². The number of carbonyl (C=O) groups is 3. The number of hydrogen-bond donors (Lipinski definition) is 0. The monoisotopic (exact) mass is 397 g/mol. The van der Waals surface area contributed by atoms with Gasteiger partial charge >= 0.3 is 5.97 Å². The molecule has 0 saturated carbocycles. The van der Waals surface area contributed by atoms with Crippen LogP contribution in [-0.4, -0.2) is 37.6 Å². The molecular weight excluding hydrogens is 374 g/mol. The number of benzene rings is 2. The highest BCUT2D eigenvalue weighted by Crippen LogP contribution is 2.23. The maximum absolute atomic E-state index is 12.1. The molecule has 0 N–H and O–H groups in total. The van der Waals surface area contributed by atoms with Crippen LogP contribution in [-0.2, 0) is 14.3 Å². The Morgan fingerprint density at radius 2 is 1.38 bits per heavy atom. The van der Waals surface area contributed by atoms with E-state index in [9.17, 15) is 14.4 Å². The van der Waals surface area contributed by atoms with Crippen molar-refractivity contribution < 1.29 is 28.6 Å². The topological polar surface area (TPSA) is 82.1 Å². The molecule has 3 rings (SSSR count). The molecule has 2 aromatic rings. The van der Waals surface area contributed by atoms with Gasteiger partial charge in [-0.15, -0.1) is 0 Å². The molecule has 1 aliphatic heterocycles. The number of amides is 2. The molecule has 29 heavy (non-hydrogen) atoms. The summed E-state index contributed by atoms with van der Waals surface area (Å²) in [6.07, 6.45) is 1.38. The second kappa shape index (κ2) is 9.73. The van der Waals surface area contributed by atoms with Crippen LogP contribution in [0.25, 0.3) is 0 Å². The van der Waals surface area contributed by atoms with E-state index in [0.717, 1.165) is 17.1 Å². The lowest BCUT2D eigenvalue weighted by atomic mass is 10.2. The Bertz CT molecular complexity index is 844. The van der Waals surface area contributed by atoms with Crippen LogP contribution < -0.4 is 14.4 Å². The summed E-state index contributed by atoms with van der Waals surface area (Å²) in [5.74, 6) is 0.489. The number of hydrogen-bond acceptors (Lipinski definition) is 6. The third kappa shape index (κ3) is 5.34. The summed E-state index contributed by atoms with van der Waals surface area (Å²) in [5.41, 5.74) is 0.800. The van der Waals surface area contributed by atoms with Crippen molar-refractivity contribution in [2.24, 2.45) is 0 Å². The molecule has 152 valence electrons. The Morgan fingerprint density at radius 1 is 0.828 bits per heavy atom. The minimum Gasteiger partial charge on any atom is -0.494 e. The summed E-state index contributed by atoms with van der Waals surface area (Å²) in [6.45, 7) is 3.03. The summed E-state index contributed by atoms with van der Waals surface area (Å²) in [7, 11) is 0. The van der Waals surface area contributed by atoms with Crippen molar-refractivity contribution in [3.05, 3.63) is 54.1 Å². The fourth-order valence-corrected chi connectivity index (χ4v) is 2.84. The van der Waals surface area contributed by atoms with E-state index in [0.29, 0.717) is 23.6 Å². The van der Waals surface area contributed by atoms with Gasteiger partial charge in [-0.3, -0.25) is 14.5 Å². The largest absolute Gasteiger partial charge is 0.494 e.